The molecule has 24 heavy (non-hydrogen) atoms. The third-order valence-corrected chi connectivity index (χ3v) is 4.70. The van der Waals surface area contributed by atoms with Gasteiger partial charge in [-0.05, 0) is 30.4 Å². The Morgan fingerprint density at radius 1 is 0.917 bits per heavy atom. The van der Waals surface area contributed by atoms with Crippen molar-refractivity contribution in [1.29, 1.82) is 0 Å². The molecule has 0 amide bonds. The van der Waals surface area contributed by atoms with Crippen LogP contribution in [0.2, 0.25) is 0 Å². The van der Waals surface area contributed by atoms with Crippen molar-refractivity contribution in [1.82, 2.24) is 0 Å². The maximum atomic E-state index is 11.1. The summed E-state index contributed by atoms with van der Waals surface area (Å²) in [5, 5.41) is 29.5. The fourth-order valence-electron chi connectivity index (χ4n) is 2.77. The van der Waals surface area contributed by atoms with Crippen LogP contribution >= 0.6 is 0 Å². The monoisotopic (exact) mass is 337 g/mol. The summed E-state index contributed by atoms with van der Waals surface area (Å²) in [4.78, 5) is 10.5. The van der Waals surface area contributed by atoms with Crippen molar-refractivity contribution in [2.24, 2.45) is 0 Å². The second-order valence-corrected chi connectivity index (χ2v) is 6.63. The van der Waals surface area contributed by atoms with E-state index in [4.69, 9.17) is 0 Å². The Balaban J connectivity index is 2.40. The minimum Gasteiger partial charge on any atom is -0.389 e. The molecule has 0 saturated carbocycles. The van der Waals surface area contributed by atoms with E-state index in [0.29, 0.717) is 6.42 Å². The highest BCUT2D eigenvalue weighted by molar-refractivity contribution is 5.23. The van der Waals surface area contributed by atoms with Crippen molar-refractivity contribution < 1.29 is 15.1 Å². The first-order chi connectivity index (χ1) is 11.6. The van der Waals surface area contributed by atoms with Crippen molar-refractivity contribution in [3.05, 3.63) is 45.5 Å². The summed E-state index contributed by atoms with van der Waals surface area (Å²) in [5.41, 5.74) is 0.644. The van der Waals surface area contributed by atoms with Gasteiger partial charge < -0.3 is 10.2 Å². The van der Waals surface area contributed by atoms with Crippen molar-refractivity contribution in [3.63, 3.8) is 0 Å². The van der Waals surface area contributed by atoms with E-state index in [0.717, 1.165) is 12.0 Å². The van der Waals surface area contributed by atoms with Gasteiger partial charge in [-0.3, -0.25) is 10.1 Å². The lowest BCUT2D eigenvalue weighted by atomic mass is 9.93. The van der Waals surface area contributed by atoms with Crippen molar-refractivity contribution >= 4 is 0 Å². The number of hydrogen-bond acceptors (Lipinski definition) is 4. The second-order valence-electron chi connectivity index (χ2n) is 6.63. The molecule has 0 radical (unpaired) electrons. The molecule has 136 valence electrons. The van der Waals surface area contributed by atoms with E-state index in [-0.39, 0.29) is 6.42 Å². The number of aliphatic hydroxyl groups is 2. The largest absolute Gasteiger partial charge is 0.389 e. The average molecular weight is 337 g/mol. The van der Waals surface area contributed by atoms with Crippen LogP contribution in [-0.2, 0) is 12.8 Å². The standard InChI is InChI=1S/C19H31NO4/c1-2-3-4-5-6-7-8-17-9-11-18(12-10-17)13-14-19(15-21,16-22)20(23)24/h9-12,21-22H,2-8,13-16H2,1H3. The summed E-state index contributed by atoms with van der Waals surface area (Å²) in [6.07, 6.45) is 9.35. The lowest BCUT2D eigenvalue weighted by Gasteiger charge is -2.20. The van der Waals surface area contributed by atoms with Gasteiger partial charge >= 0.3 is 0 Å². The number of nitrogens with zero attached hydrogens (tertiary/aromatic N) is 1. The Bertz CT molecular complexity index is 469. The Kier molecular flexibility index (Phi) is 9.57. The Morgan fingerprint density at radius 3 is 1.92 bits per heavy atom. The molecular formula is C19H31NO4. The third kappa shape index (κ3) is 6.57. The molecule has 1 aromatic carbocycles. The van der Waals surface area contributed by atoms with Crippen LogP contribution in [0, 0.1) is 10.1 Å². The number of benzene rings is 1. The molecular weight excluding hydrogens is 306 g/mol. The molecule has 0 aliphatic carbocycles. The van der Waals surface area contributed by atoms with Gasteiger partial charge in [0.15, 0.2) is 0 Å². The summed E-state index contributed by atoms with van der Waals surface area (Å²) in [7, 11) is 0. The lowest BCUT2D eigenvalue weighted by molar-refractivity contribution is -0.578. The highest BCUT2D eigenvalue weighted by Gasteiger charge is 2.41. The molecule has 0 aromatic heterocycles. The number of aryl methyl sites for hydroxylation is 2. The molecule has 1 aromatic rings. The number of hydrogen-bond donors (Lipinski definition) is 2. The normalized spacial score (nSPS) is 11.6. The molecule has 0 unspecified atom stereocenters. The van der Waals surface area contributed by atoms with Gasteiger partial charge in [0.25, 0.3) is 5.54 Å². The second kappa shape index (κ2) is 11.2. The summed E-state index contributed by atoms with van der Waals surface area (Å²) in [6, 6.07) is 8.14. The van der Waals surface area contributed by atoms with Crippen LogP contribution in [0.3, 0.4) is 0 Å². The molecule has 1 rings (SSSR count). The molecule has 5 heteroatoms. The van der Waals surface area contributed by atoms with Crippen LogP contribution in [0.4, 0.5) is 0 Å². The van der Waals surface area contributed by atoms with Gasteiger partial charge in [-0.2, -0.15) is 0 Å². The topological polar surface area (TPSA) is 83.6 Å². The molecule has 0 spiro atoms. The zero-order chi connectivity index (χ0) is 17.8. The molecule has 0 saturated heterocycles. The first kappa shape index (κ1) is 20.6. The van der Waals surface area contributed by atoms with E-state index < -0.39 is 23.7 Å². The maximum absolute atomic E-state index is 11.1. The number of nitro groups is 1. The van der Waals surface area contributed by atoms with Gasteiger partial charge in [-0.15, -0.1) is 0 Å². The van der Waals surface area contributed by atoms with Crippen molar-refractivity contribution in [2.75, 3.05) is 13.2 Å². The maximum Gasteiger partial charge on any atom is 0.267 e. The first-order valence-electron chi connectivity index (χ1n) is 9.02. The lowest BCUT2D eigenvalue weighted by Crippen LogP contribution is -2.46. The van der Waals surface area contributed by atoms with Gasteiger partial charge in [0, 0.05) is 11.3 Å². The molecule has 0 heterocycles. The summed E-state index contributed by atoms with van der Waals surface area (Å²) in [6.45, 7) is 0.928. The van der Waals surface area contributed by atoms with Crippen LogP contribution in [0.25, 0.3) is 0 Å². The minimum absolute atomic E-state index is 0.129. The number of unbranched alkanes of at least 4 members (excludes halogenated alkanes) is 5. The first-order valence-corrected chi connectivity index (χ1v) is 9.02. The molecule has 0 atom stereocenters. The fourth-order valence-corrected chi connectivity index (χ4v) is 2.77. The van der Waals surface area contributed by atoms with Crippen molar-refractivity contribution in [3.8, 4) is 0 Å². The van der Waals surface area contributed by atoms with E-state index in [1.54, 1.807) is 0 Å². The smallest absolute Gasteiger partial charge is 0.267 e. The Hall–Kier alpha value is -1.46. The molecule has 0 bridgehead atoms. The zero-order valence-corrected chi connectivity index (χ0v) is 14.7. The molecule has 0 aliphatic heterocycles. The van der Waals surface area contributed by atoms with Gasteiger partial charge in [-0.1, -0.05) is 63.3 Å². The van der Waals surface area contributed by atoms with Crippen LogP contribution < -0.4 is 0 Å². The van der Waals surface area contributed by atoms with Crippen molar-refractivity contribution in [2.45, 2.75) is 70.3 Å². The van der Waals surface area contributed by atoms with E-state index >= 15 is 0 Å². The molecule has 0 aliphatic rings. The van der Waals surface area contributed by atoms with Gasteiger partial charge in [0.05, 0.1) is 0 Å². The molecule has 5 nitrogen and oxygen atoms in total. The predicted molar refractivity (Wildman–Crippen MR) is 95.7 cm³/mol. The summed E-state index contributed by atoms with van der Waals surface area (Å²) < 4.78 is 0. The number of aliphatic hydroxyl groups excluding tert-OH is 2. The van der Waals surface area contributed by atoms with Crippen LogP contribution in [-0.4, -0.2) is 33.9 Å². The SMILES string of the molecule is CCCCCCCCc1ccc(CCC(CO)(CO)[N+](=O)[O-])cc1. The van der Waals surface area contributed by atoms with E-state index in [1.807, 2.05) is 12.1 Å². The van der Waals surface area contributed by atoms with Crippen LogP contribution in [0.1, 0.15) is 63.0 Å². The molecule has 0 fully saturated rings. The van der Waals surface area contributed by atoms with E-state index in [2.05, 4.69) is 19.1 Å². The predicted octanol–water partition coefficient (Wildman–Crippen LogP) is 3.52. The van der Waals surface area contributed by atoms with Gasteiger partial charge in [0.2, 0.25) is 0 Å². The zero-order valence-electron chi connectivity index (χ0n) is 14.7. The van der Waals surface area contributed by atoms with Crippen LogP contribution in [0.15, 0.2) is 24.3 Å². The van der Waals surface area contributed by atoms with Gasteiger partial charge in [-0.25, -0.2) is 0 Å². The minimum atomic E-state index is -1.64. The highest BCUT2D eigenvalue weighted by Crippen LogP contribution is 2.18. The molecule has 2 N–H and O–H groups in total. The van der Waals surface area contributed by atoms with E-state index in [1.165, 1.54) is 44.1 Å². The Labute approximate surface area is 144 Å². The fraction of sp³-hybridized carbons (Fsp3) is 0.684. The summed E-state index contributed by atoms with van der Waals surface area (Å²) >= 11 is 0. The average Bonchev–Trinajstić information content (AvgIpc) is 2.60. The van der Waals surface area contributed by atoms with Crippen LogP contribution in [0.5, 0.6) is 0 Å². The third-order valence-electron chi connectivity index (χ3n) is 4.70. The number of rotatable bonds is 13. The highest BCUT2D eigenvalue weighted by atomic mass is 16.6. The Morgan fingerprint density at radius 2 is 1.42 bits per heavy atom. The van der Waals surface area contributed by atoms with E-state index in [9.17, 15) is 20.3 Å². The quantitative estimate of drug-likeness (QED) is 0.328. The van der Waals surface area contributed by atoms with Gasteiger partial charge in [0.1, 0.15) is 13.2 Å². The summed E-state index contributed by atoms with van der Waals surface area (Å²) in [5.74, 6) is 0.